The van der Waals surface area contributed by atoms with Crippen LogP contribution in [0.1, 0.15) is 30.7 Å². The van der Waals surface area contributed by atoms with Crippen LogP contribution in [0.5, 0.6) is 0 Å². The maximum atomic E-state index is 12.3. The van der Waals surface area contributed by atoms with Crippen molar-refractivity contribution >= 4 is 16.7 Å². The first-order valence-electron chi connectivity index (χ1n) is 8.25. The van der Waals surface area contributed by atoms with Crippen molar-refractivity contribution in [1.82, 2.24) is 5.32 Å². The van der Waals surface area contributed by atoms with E-state index in [9.17, 15) is 4.79 Å². The minimum absolute atomic E-state index is 0.122. The first kappa shape index (κ1) is 13.8. The van der Waals surface area contributed by atoms with Crippen LogP contribution in [-0.4, -0.2) is 18.5 Å². The molecule has 2 aromatic rings. The summed E-state index contributed by atoms with van der Waals surface area (Å²) in [5, 5.41) is 5.58. The number of fused-ring (bicyclic) bond motifs is 1. The molecule has 3 atom stereocenters. The van der Waals surface area contributed by atoms with Crippen LogP contribution in [-0.2, 0) is 4.79 Å². The third kappa shape index (κ3) is 2.61. The molecule has 0 saturated heterocycles. The molecule has 4 rings (SSSR count). The minimum atomic E-state index is 0.122. The molecule has 3 N–H and O–H groups in total. The van der Waals surface area contributed by atoms with Crippen LogP contribution < -0.4 is 11.1 Å². The molecule has 3 nitrogen and oxygen atoms in total. The number of nitrogens with one attached hydrogen (secondary N) is 1. The SMILES string of the molecule is NC(CNC(=O)C1CC1c1cccc2ccccc12)C1CC1. The van der Waals surface area contributed by atoms with Crippen molar-refractivity contribution in [1.29, 1.82) is 0 Å². The van der Waals surface area contributed by atoms with E-state index in [1.54, 1.807) is 0 Å². The van der Waals surface area contributed by atoms with Gasteiger partial charge in [0, 0.05) is 18.5 Å². The Morgan fingerprint density at radius 2 is 1.95 bits per heavy atom. The Kier molecular flexibility index (Phi) is 3.38. The number of carbonyl (C=O) groups is 1. The van der Waals surface area contributed by atoms with Gasteiger partial charge < -0.3 is 11.1 Å². The number of carbonyl (C=O) groups excluding carboxylic acids is 1. The van der Waals surface area contributed by atoms with Gasteiger partial charge in [0.1, 0.15) is 0 Å². The summed E-state index contributed by atoms with van der Waals surface area (Å²) in [7, 11) is 0. The van der Waals surface area contributed by atoms with Crippen LogP contribution in [0.3, 0.4) is 0 Å². The second-order valence-electron chi connectivity index (χ2n) is 6.76. The van der Waals surface area contributed by atoms with E-state index in [1.807, 2.05) is 0 Å². The van der Waals surface area contributed by atoms with Crippen LogP contribution in [0.2, 0.25) is 0 Å². The predicted octanol–water partition coefficient (Wildman–Crippen LogP) is 2.80. The summed E-state index contributed by atoms with van der Waals surface area (Å²) in [5.41, 5.74) is 7.36. The third-order valence-corrected chi connectivity index (χ3v) is 5.09. The Labute approximate surface area is 130 Å². The average molecular weight is 294 g/mol. The lowest BCUT2D eigenvalue weighted by atomic mass is 10.00. The molecule has 2 aliphatic rings. The number of rotatable bonds is 5. The molecule has 0 heterocycles. The monoisotopic (exact) mass is 294 g/mol. The first-order valence-corrected chi connectivity index (χ1v) is 8.25. The van der Waals surface area contributed by atoms with E-state index in [2.05, 4.69) is 47.8 Å². The number of amides is 1. The fourth-order valence-electron chi connectivity index (χ4n) is 3.44. The normalized spacial score (nSPS) is 25.0. The van der Waals surface area contributed by atoms with Crippen molar-refractivity contribution < 1.29 is 4.79 Å². The lowest BCUT2D eigenvalue weighted by molar-refractivity contribution is -0.122. The van der Waals surface area contributed by atoms with Gasteiger partial charge in [-0.1, -0.05) is 42.5 Å². The highest BCUT2D eigenvalue weighted by Gasteiger charge is 2.44. The van der Waals surface area contributed by atoms with Crippen LogP contribution in [0, 0.1) is 11.8 Å². The standard InChI is InChI=1S/C19H22N2O/c20-18(13-8-9-13)11-21-19(22)17-10-16(17)15-7-3-5-12-4-1-2-6-14(12)15/h1-7,13,16-18H,8-11,20H2,(H,21,22). The zero-order valence-electron chi connectivity index (χ0n) is 12.7. The predicted molar refractivity (Wildman–Crippen MR) is 88.5 cm³/mol. The molecule has 2 aliphatic carbocycles. The van der Waals surface area contributed by atoms with Gasteiger partial charge in [0.25, 0.3) is 0 Å². The van der Waals surface area contributed by atoms with Crippen molar-refractivity contribution in [2.45, 2.75) is 31.2 Å². The molecule has 3 unspecified atom stereocenters. The molecule has 2 fully saturated rings. The van der Waals surface area contributed by atoms with Gasteiger partial charge in [0.2, 0.25) is 5.91 Å². The van der Waals surface area contributed by atoms with E-state index in [4.69, 9.17) is 5.73 Å². The zero-order valence-corrected chi connectivity index (χ0v) is 12.7. The van der Waals surface area contributed by atoms with Crippen molar-refractivity contribution in [3.8, 4) is 0 Å². The maximum absolute atomic E-state index is 12.3. The van der Waals surface area contributed by atoms with Gasteiger partial charge in [-0.25, -0.2) is 0 Å². The Hall–Kier alpha value is -1.87. The Bertz CT molecular complexity index is 702. The Morgan fingerprint density at radius 3 is 2.77 bits per heavy atom. The summed E-state index contributed by atoms with van der Waals surface area (Å²) in [4.78, 5) is 12.3. The minimum Gasteiger partial charge on any atom is -0.354 e. The summed E-state index contributed by atoms with van der Waals surface area (Å²) in [6, 6.07) is 14.9. The van der Waals surface area contributed by atoms with Crippen LogP contribution in [0.15, 0.2) is 42.5 Å². The molecule has 0 radical (unpaired) electrons. The molecule has 3 heteroatoms. The number of hydrogen-bond donors (Lipinski definition) is 2. The summed E-state index contributed by atoms with van der Waals surface area (Å²) in [6.07, 6.45) is 3.40. The Morgan fingerprint density at radius 1 is 1.18 bits per heavy atom. The van der Waals surface area contributed by atoms with Gasteiger partial charge in [-0.05, 0) is 47.4 Å². The summed E-state index contributed by atoms with van der Waals surface area (Å²) in [6.45, 7) is 0.627. The number of benzene rings is 2. The van der Waals surface area contributed by atoms with Crippen molar-refractivity contribution in [2.75, 3.05) is 6.54 Å². The molecule has 0 aliphatic heterocycles. The lowest BCUT2D eigenvalue weighted by Gasteiger charge is -2.11. The largest absolute Gasteiger partial charge is 0.354 e. The molecule has 0 bridgehead atoms. The van der Waals surface area contributed by atoms with E-state index in [-0.39, 0.29) is 17.9 Å². The van der Waals surface area contributed by atoms with Crippen molar-refractivity contribution in [2.24, 2.45) is 17.6 Å². The fourth-order valence-corrected chi connectivity index (χ4v) is 3.44. The summed E-state index contributed by atoms with van der Waals surface area (Å²) in [5.74, 6) is 1.29. The van der Waals surface area contributed by atoms with E-state index in [0.717, 1.165) is 6.42 Å². The second-order valence-corrected chi connectivity index (χ2v) is 6.76. The highest BCUT2D eigenvalue weighted by molar-refractivity contribution is 5.89. The fraction of sp³-hybridized carbons (Fsp3) is 0.421. The maximum Gasteiger partial charge on any atom is 0.223 e. The molecule has 114 valence electrons. The van der Waals surface area contributed by atoms with Crippen LogP contribution >= 0.6 is 0 Å². The van der Waals surface area contributed by atoms with Gasteiger partial charge in [-0.2, -0.15) is 0 Å². The molecular formula is C19H22N2O. The van der Waals surface area contributed by atoms with Gasteiger partial charge in [0.15, 0.2) is 0 Å². The number of nitrogens with two attached hydrogens (primary N) is 1. The summed E-state index contributed by atoms with van der Waals surface area (Å²) >= 11 is 0. The zero-order chi connectivity index (χ0) is 15.1. The molecule has 22 heavy (non-hydrogen) atoms. The first-order chi connectivity index (χ1) is 10.7. The van der Waals surface area contributed by atoms with Crippen LogP contribution in [0.25, 0.3) is 10.8 Å². The highest BCUT2D eigenvalue weighted by Crippen LogP contribution is 2.49. The van der Waals surface area contributed by atoms with Crippen molar-refractivity contribution in [3.05, 3.63) is 48.0 Å². The third-order valence-electron chi connectivity index (χ3n) is 5.09. The van der Waals surface area contributed by atoms with E-state index < -0.39 is 0 Å². The van der Waals surface area contributed by atoms with Crippen molar-refractivity contribution in [3.63, 3.8) is 0 Å². The van der Waals surface area contributed by atoms with Gasteiger partial charge in [-0.3, -0.25) is 4.79 Å². The van der Waals surface area contributed by atoms with E-state index in [0.29, 0.717) is 18.4 Å². The second kappa shape index (κ2) is 5.40. The Balaban J connectivity index is 1.43. The van der Waals surface area contributed by atoms with Gasteiger partial charge in [0.05, 0.1) is 0 Å². The quantitative estimate of drug-likeness (QED) is 0.891. The highest BCUT2D eigenvalue weighted by atomic mass is 16.2. The van der Waals surface area contributed by atoms with Gasteiger partial charge in [-0.15, -0.1) is 0 Å². The van der Waals surface area contributed by atoms with E-state index in [1.165, 1.54) is 29.2 Å². The smallest absolute Gasteiger partial charge is 0.223 e. The lowest BCUT2D eigenvalue weighted by Crippen LogP contribution is -2.39. The van der Waals surface area contributed by atoms with Gasteiger partial charge >= 0.3 is 0 Å². The molecule has 1 amide bonds. The molecule has 2 saturated carbocycles. The molecule has 2 aromatic carbocycles. The molecule has 0 aromatic heterocycles. The summed E-state index contributed by atoms with van der Waals surface area (Å²) < 4.78 is 0. The topological polar surface area (TPSA) is 55.1 Å². The molecule has 0 spiro atoms. The molecular weight excluding hydrogens is 272 g/mol. The van der Waals surface area contributed by atoms with E-state index >= 15 is 0 Å². The van der Waals surface area contributed by atoms with Crippen LogP contribution in [0.4, 0.5) is 0 Å². The number of hydrogen-bond acceptors (Lipinski definition) is 2. The average Bonchev–Trinajstić information content (AvgIpc) is 3.44.